The summed E-state index contributed by atoms with van der Waals surface area (Å²) < 4.78 is 5.05. The fraction of sp³-hybridized carbons (Fsp3) is 0.462. The van der Waals surface area contributed by atoms with E-state index < -0.39 is 0 Å². The second-order valence-electron chi connectivity index (χ2n) is 3.87. The lowest BCUT2D eigenvalue weighted by atomic mass is 10.1. The summed E-state index contributed by atoms with van der Waals surface area (Å²) in [6, 6.07) is 5.81. The Balaban J connectivity index is 2.63. The van der Waals surface area contributed by atoms with Gasteiger partial charge in [-0.3, -0.25) is 4.79 Å². The fourth-order valence-electron chi connectivity index (χ4n) is 1.58. The topological polar surface area (TPSA) is 46.5 Å². The largest absolute Gasteiger partial charge is 0.426 e. The van der Waals surface area contributed by atoms with E-state index in [1.807, 2.05) is 25.1 Å². The number of carbonyl (C=O) groups excluding carboxylic acids is 1. The van der Waals surface area contributed by atoms with Crippen LogP contribution in [0.2, 0.25) is 0 Å². The normalized spacial score (nSPS) is 10.2. The van der Waals surface area contributed by atoms with Gasteiger partial charge in [-0.15, -0.1) is 0 Å². The molecule has 0 unspecified atom stereocenters. The summed E-state index contributed by atoms with van der Waals surface area (Å²) in [6.07, 6.45) is 2.75. The maximum absolute atomic E-state index is 10.8. The summed E-state index contributed by atoms with van der Waals surface area (Å²) in [5.74, 6) is 0.328. The number of rotatable bonds is 5. The van der Waals surface area contributed by atoms with Gasteiger partial charge in [-0.25, -0.2) is 0 Å². The van der Waals surface area contributed by atoms with Crippen molar-refractivity contribution in [3.8, 4) is 5.75 Å². The van der Waals surface area contributed by atoms with Gasteiger partial charge in [-0.2, -0.15) is 0 Å². The molecule has 88 valence electrons. The number of aliphatic hydroxyl groups is 1. The zero-order valence-electron chi connectivity index (χ0n) is 9.82. The Morgan fingerprint density at radius 2 is 2.12 bits per heavy atom. The molecule has 0 aromatic heterocycles. The molecule has 1 aromatic carbocycles. The number of aryl methyl sites for hydroxylation is 2. The third-order valence-corrected chi connectivity index (χ3v) is 2.37. The molecule has 0 spiro atoms. The molecule has 0 fully saturated rings. The van der Waals surface area contributed by atoms with Crippen molar-refractivity contribution in [3.05, 3.63) is 29.3 Å². The first-order valence-electron chi connectivity index (χ1n) is 5.52. The van der Waals surface area contributed by atoms with E-state index in [2.05, 4.69) is 0 Å². The van der Waals surface area contributed by atoms with E-state index in [1.54, 1.807) is 0 Å². The highest BCUT2D eigenvalue weighted by Crippen LogP contribution is 2.20. The molecule has 0 saturated heterocycles. The van der Waals surface area contributed by atoms with E-state index in [9.17, 15) is 4.79 Å². The van der Waals surface area contributed by atoms with Crippen molar-refractivity contribution in [1.29, 1.82) is 0 Å². The highest BCUT2D eigenvalue weighted by atomic mass is 16.5. The Morgan fingerprint density at radius 1 is 1.38 bits per heavy atom. The number of esters is 1. The zero-order chi connectivity index (χ0) is 12.0. The monoisotopic (exact) mass is 222 g/mol. The molecular weight excluding hydrogens is 204 g/mol. The Morgan fingerprint density at radius 3 is 2.69 bits per heavy atom. The average molecular weight is 222 g/mol. The van der Waals surface area contributed by atoms with Crippen LogP contribution in [-0.2, 0) is 11.2 Å². The van der Waals surface area contributed by atoms with Gasteiger partial charge in [0.05, 0.1) is 0 Å². The van der Waals surface area contributed by atoms with Crippen LogP contribution in [0.3, 0.4) is 0 Å². The van der Waals surface area contributed by atoms with E-state index in [0.717, 1.165) is 24.8 Å². The van der Waals surface area contributed by atoms with Crippen molar-refractivity contribution < 1.29 is 14.6 Å². The van der Waals surface area contributed by atoms with E-state index in [4.69, 9.17) is 9.84 Å². The lowest BCUT2D eigenvalue weighted by Gasteiger charge is -2.07. The molecule has 1 aromatic rings. The van der Waals surface area contributed by atoms with Gasteiger partial charge in [0.2, 0.25) is 0 Å². The number of hydrogen-bond donors (Lipinski definition) is 1. The first-order chi connectivity index (χ1) is 7.63. The molecule has 0 amide bonds. The van der Waals surface area contributed by atoms with Gasteiger partial charge in [0.1, 0.15) is 5.75 Å². The Hall–Kier alpha value is -1.35. The molecule has 0 atom stereocenters. The van der Waals surface area contributed by atoms with Crippen molar-refractivity contribution >= 4 is 5.97 Å². The molecule has 0 aliphatic heterocycles. The van der Waals surface area contributed by atoms with Crippen LogP contribution in [0.25, 0.3) is 0 Å². The summed E-state index contributed by atoms with van der Waals surface area (Å²) >= 11 is 0. The summed E-state index contributed by atoms with van der Waals surface area (Å²) in [7, 11) is 0. The van der Waals surface area contributed by atoms with Gasteiger partial charge >= 0.3 is 5.97 Å². The molecule has 3 nitrogen and oxygen atoms in total. The smallest absolute Gasteiger partial charge is 0.308 e. The highest BCUT2D eigenvalue weighted by Gasteiger charge is 2.03. The number of aliphatic hydroxyl groups excluding tert-OH is 1. The number of hydrogen-bond acceptors (Lipinski definition) is 3. The standard InChI is InChI=1S/C13H18O3/c1-10-9-12(5-3-4-8-14)6-7-13(10)16-11(2)15/h6-7,9,14H,3-5,8H2,1-2H3. The molecule has 3 heteroatoms. The molecule has 0 bridgehead atoms. The second-order valence-corrected chi connectivity index (χ2v) is 3.87. The van der Waals surface area contributed by atoms with Crippen LogP contribution in [0.15, 0.2) is 18.2 Å². The Kier molecular flexibility index (Phi) is 4.99. The quantitative estimate of drug-likeness (QED) is 0.472. The molecule has 0 heterocycles. The van der Waals surface area contributed by atoms with Crippen LogP contribution < -0.4 is 4.74 Å². The van der Waals surface area contributed by atoms with Gasteiger partial charge in [0, 0.05) is 13.5 Å². The summed E-state index contributed by atoms with van der Waals surface area (Å²) in [6.45, 7) is 3.56. The fourth-order valence-corrected chi connectivity index (χ4v) is 1.58. The molecule has 0 aliphatic rings. The van der Waals surface area contributed by atoms with E-state index in [1.165, 1.54) is 12.5 Å². The maximum Gasteiger partial charge on any atom is 0.308 e. The number of unbranched alkanes of at least 4 members (excludes halogenated alkanes) is 1. The minimum Gasteiger partial charge on any atom is -0.426 e. The van der Waals surface area contributed by atoms with Crippen molar-refractivity contribution in [2.24, 2.45) is 0 Å². The predicted octanol–water partition coefficient (Wildman–Crippen LogP) is 2.24. The van der Waals surface area contributed by atoms with Gasteiger partial charge in [0.25, 0.3) is 0 Å². The van der Waals surface area contributed by atoms with Crippen LogP contribution in [-0.4, -0.2) is 17.7 Å². The van der Waals surface area contributed by atoms with Crippen molar-refractivity contribution in [1.82, 2.24) is 0 Å². The summed E-state index contributed by atoms with van der Waals surface area (Å²) in [4.78, 5) is 10.8. The van der Waals surface area contributed by atoms with Crippen molar-refractivity contribution in [2.75, 3.05) is 6.61 Å². The van der Waals surface area contributed by atoms with E-state index in [0.29, 0.717) is 5.75 Å². The first kappa shape index (κ1) is 12.7. The van der Waals surface area contributed by atoms with Gasteiger partial charge in [0.15, 0.2) is 0 Å². The number of carbonyl (C=O) groups is 1. The van der Waals surface area contributed by atoms with Crippen LogP contribution in [0.4, 0.5) is 0 Å². The first-order valence-corrected chi connectivity index (χ1v) is 5.52. The lowest BCUT2D eigenvalue weighted by Crippen LogP contribution is -2.03. The second kappa shape index (κ2) is 6.28. The minimum atomic E-state index is -0.295. The third-order valence-electron chi connectivity index (χ3n) is 2.37. The molecule has 1 N–H and O–H groups in total. The minimum absolute atomic E-state index is 0.241. The summed E-state index contributed by atoms with van der Waals surface area (Å²) in [5, 5.41) is 8.68. The van der Waals surface area contributed by atoms with Crippen molar-refractivity contribution in [2.45, 2.75) is 33.1 Å². The number of ether oxygens (including phenoxy) is 1. The molecule has 0 radical (unpaired) electrons. The zero-order valence-corrected chi connectivity index (χ0v) is 9.82. The van der Waals surface area contributed by atoms with E-state index in [-0.39, 0.29) is 12.6 Å². The molecule has 1 rings (SSSR count). The highest BCUT2D eigenvalue weighted by molar-refractivity contribution is 5.69. The Labute approximate surface area is 96.1 Å². The number of benzene rings is 1. The average Bonchev–Trinajstić information content (AvgIpc) is 2.22. The lowest BCUT2D eigenvalue weighted by molar-refractivity contribution is -0.131. The third kappa shape index (κ3) is 4.03. The molecule has 0 aliphatic carbocycles. The van der Waals surface area contributed by atoms with Gasteiger partial charge in [-0.1, -0.05) is 12.1 Å². The van der Waals surface area contributed by atoms with Crippen LogP contribution in [0, 0.1) is 6.92 Å². The SMILES string of the molecule is CC(=O)Oc1ccc(CCCCO)cc1C. The van der Waals surface area contributed by atoms with Crippen LogP contribution in [0.1, 0.15) is 30.9 Å². The maximum atomic E-state index is 10.8. The Bertz CT molecular complexity index is 358. The van der Waals surface area contributed by atoms with Crippen LogP contribution in [0.5, 0.6) is 5.75 Å². The van der Waals surface area contributed by atoms with E-state index >= 15 is 0 Å². The van der Waals surface area contributed by atoms with Gasteiger partial charge in [-0.05, 0) is 43.4 Å². The molecule has 16 heavy (non-hydrogen) atoms. The van der Waals surface area contributed by atoms with Crippen LogP contribution >= 0.6 is 0 Å². The van der Waals surface area contributed by atoms with Gasteiger partial charge < -0.3 is 9.84 Å². The molecular formula is C13H18O3. The molecule has 0 saturated carbocycles. The predicted molar refractivity (Wildman–Crippen MR) is 62.5 cm³/mol. The van der Waals surface area contributed by atoms with Crippen molar-refractivity contribution in [3.63, 3.8) is 0 Å². The summed E-state index contributed by atoms with van der Waals surface area (Å²) in [5.41, 5.74) is 2.18.